The summed E-state index contributed by atoms with van der Waals surface area (Å²) < 4.78 is 0. The van der Waals surface area contributed by atoms with Gasteiger partial charge in [0.15, 0.2) is 0 Å². The second-order valence-corrected chi connectivity index (χ2v) is 4.31. The standard InChI is InChI=1S/C11H24N2/c1-2-3-4-5-9-11(13-12)10-7-6-8-10/h10-11,13H,2-9,12H2,1H3. The first kappa shape index (κ1) is 11.0. The first-order valence-electron chi connectivity index (χ1n) is 5.84. The Morgan fingerprint density at radius 2 is 2.08 bits per heavy atom. The lowest BCUT2D eigenvalue weighted by atomic mass is 9.78. The van der Waals surface area contributed by atoms with Crippen LogP contribution in [0.15, 0.2) is 0 Å². The Morgan fingerprint density at radius 3 is 2.54 bits per heavy atom. The molecule has 0 radical (unpaired) electrons. The molecule has 1 aliphatic rings. The number of unbranched alkanes of at least 4 members (excludes halogenated alkanes) is 3. The first-order valence-corrected chi connectivity index (χ1v) is 5.84. The molecule has 0 aliphatic heterocycles. The van der Waals surface area contributed by atoms with Crippen LogP contribution in [0.5, 0.6) is 0 Å². The molecule has 78 valence electrons. The van der Waals surface area contributed by atoms with Crippen molar-refractivity contribution in [2.75, 3.05) is 0 Å². The summed E-state index contributed by atoms with van der Waals surface area (Å²) in [6.45, 7) is 2.25. The van der Waals surface area contributed by atoms with Gasteiger partial charge in [0.2, 0.25) is 0 Å². The molecule has 0 aromatic carbocycles. The maximum absolute atomic E-state index is 5.55. The van der Waals surface area contributed by atoms with Crippen molar-refractivity contribution >= 4 is 0 Å². The van der Waals surface area contributed by atoms with Gasteiger partial charge in [0.1, 0.15) is 0 Å². The van der Waals surface area contributed by atoms with Crippen LogP contribution in [0.25, 0.3) is 0 Å². The summed E-state index contributed by atoms with van der Waals surface area (Å²) in [6.07, 6.45) is 10.9. The SMILES string of the molecule is CCCCCCC(NN)C1CCC1. The van der Waals surface area contributed by atoms with Gasteiger partial charge >= 0.3 is 0 Å². The summed E-state index contributed by atoms with van der Waals surface area (Å²) >= 11 is 0. The summed E-state index contributed by atoms with van der Waals surface area (Å²) in [4.78, 5) is 0. The minimum atomic E-state index is 0.602. The Hall–Kier alpha value is -0.0800. The molecule has 13 heavy (non-hydrogen) atoms. The summed E-state index contributed by atoms with van der Waals surface area (Å²) in [6, 6.07) is 0.602. The number of nitrogens with two attached hydrogens (primary N) is 1. The van der Waals surface area contributed by atoms with Crippen LogP contribution < -0.4 is 11.3 Å². The Bertz CT molecular complexity index is 121. The predicted octanol–water partition coefficient (Wildman–Crippen LogP) is 2.59. The van der Waals surface area contributed by atoms with Crippen molar-refractivity contribution in [3.8, 4) is 0 Å². The fourth-order valence-electron chi connectivity index (χ4n) is 2.09. The molecule has 0 aromatic heterocycles. The number of nitrogens with one attached hydrogen (secondary N) is 1. The van der Waals surface area contributed by atoms with Gasteiger partial charge in [-0.15, -0.1) is 0 Å². The highest BCUT2D eigenvalue weighted by Gasteiger charge is 2.25. The van der Waals surface area contributed by atoms with Crippen LogP contribution in [0.1, 0.15) is 58.3 Å². The van der Waals surface area contributed by atoms with E-state index in [1.165, 1.54) is 51.4 Å². The van der Waals surface area contributed by atoms with Crippen LogP contribution in [-0.2, 0) is 0 Å². The number of rotatable bonds is 7. The Labute approximate surface area is 82.2 Å². The zero-order valence-corrected chi connectivity index (χ0v) is 8.89. The van der Waals surface area contributed by atoms with E-state index in [0.717, 1.165) is 5.92 Å². The lowest BCUT2D eigenvalue weighted by molar-refractivity contribution is 0.217. The monoisotopic (exact) mass is 184 g/mol. The van der Waals surface area contributed by atoms with E-state index in [9.17, 15) is 0 Å². The maximum Gasteiger partial charge on any atom is 0.0238 e. The smallest absolute Gasteiger partial charge is 0.0238 e. The van der Waals surface area contributed by atoms with E-state index in [0.29, 0.717) is 6.04 Å². The van der Waals surface area contributed by atoms with Gasteiger partial charge in [0.05, 0.1) is 0 Å². The Kier molecular flexibility index (Phi) is 5.40. The van der Waals surface area contributed by atoms with Crippen LogP contribution in [0.2, 0.25) is 0 Å². The second kappa shape index (κ2) is 6.39. The van der Waals surface area contributed by atoms with Crippen LogP contribution >= 0.6 is 0 Å². The molecular formula is C11H24N2. The van der Waals surface area contributed by atoms with Crippen molar-refractivity contribution in [3.63, 3.8) is 0 Å². The molecule has 0 aromatic rings. The van der Waals surface area contributed by atoms with Gasteiger partial charge < -0.3 is 0 Å². The lowest BCUT2D eigenvalue weighted by Gasteiger charge is -2.33. The van der Waals surface area contributed by atoms with Crippen LogP contribution in [0, 0.1) is 5.92 Å². The van der Waals surface area contributed by atoms with E-state index >= 15 is 0 Å². The molecule has 0 saturated heterocycles. The third-order valence-electron chi connectivity index (χ3n) is 3.30. The van der Waals surface area contributed by atoms with E-state index in [2.05, 4.69) is 12.3 Å². The number of hydrogen-bond acceptors (Lipinski definition) is 2. The van der Waals surface area contributed by atoms with Crippen LogP contribution in [0.3, 0.4) is 0 Å². The van der Waals surface area contributed by atoms with Gasteiger partial charge in [-0.25, -0.2) is 0 Å². The topological polar surface area (TPSA) is 38.0 Å². The molecule has 1 unspecified atom stereocenters. The zero-order chi connectivity index (χ0) is 9.52. The third kappa shape index (κ3) is 3.65. The molecule has 1 rings (SSSR count). The highest BCUT2D eigenvalue weighted by atomic mass is 15.2. The van der Waals surface area contributed by atoms with Crippen molar-refractivity contribution in [3.05, 3.63) is 0 Å². The summed E-state index contributed by atoms with van der Waals surface area (Å²) in [5.41, 5.74) is 2.98. The zero-order valence-electron chi connectivity index (χ0n) is 8.89. The van der Waals surface area contributed by atoms with Gasteiger partial charge in [0.25, 0.3) is 0 Å². The van der Waals surface area contributed by atoms with E-state index in [1.54, 1.807) is 0 Å². The normalized spacial score (nSPS) is 19.8. The molecule has 1 saturated carbocycles. The maximum atomic E-state index is 5.55. The van der Waals surface area contributed by atoms with Gasteiger partial charge in [-0.2, -0.15) is 0 Å². The highest BCUT2D eigenvalue weighted by molar-refractivity contribution is 4.81. The largest absolute Gasteiger partial charge is 0.271 e. The van der Waals surface area contributed by atoms with Crippen molar-refractivity contribution < 1.29 is 0 Å². The van der Waals surface area contributed by atoms with Crippen molar-refractivity contribution in [1.82, 2.24) is 5.43 Å². The van der Waals surface area contributed by atoms with E-state index in [-0.39, 0.29) is 0 Å². The molecule has 2 nitrogen and oxygen atoms in total. The van der Waals surface area contributed by atoms with Gasteiger partial charge in [-0.1, -0.05) is 39.0 Å². The molecular weight excluding hydrogens is 160 g/mol. The lowest BCUT2D eigenvalue weighted by Crippen LogP contribution is -2.43. The quantitative estimate of drug-likeness (QED) is 0.362. The second-order valence-electron chi connectivity index (χ2n) is 4.31. The Morgan fingerprint density at radius 1 is 1.31 bits per heavy atom. The molecule has 0 heterocycles. The summed E-state index contributed by atoms with van der Waals surface area (Å²) in [7, 11) is 0. The van der Waals surface area contributed by atoms with Crippen LogP contribution in [0.4, 0.5) is 0 Å². The molecule has 0 bridgehead atoms. The number of hydrogen-bond donors (Lipinski definition) is 2. The third-order valence-corrected chi connectivity index (χ3v) is 3.30. The van der Waals surface area contributed by atoms with Crippen molar-refractivity contribution in [2.45, 2.75) is 64.3 Å². The predicted molar refractivity (Wildman–Crippen MR) is 57.2 cm³/mol. The highest BCUT2D eigenvalue weighted by Crippen LogP contribution is 2.31. The Balaban J connectivity index is 2.02. The fraction of sp³-hybridized carbons (Fsp3) is 1.00. The van der Waals surface area contributed by atoms with E-state index in [4.69, 9.17) is 5.84 Å². The van der Waals surface area contributed by atoms with E-state index < -0.39 is 0 Å². The van der Waals surface area contributed by atoms with Gasteiger partial charge in [0, 0.05) is 6.04 Å². The molecule has 1 aliphatic carbocycles. The minimum Gasteiger partial charge on any atom is -0.271 e. The van der Waals surface area contributed by atoms with E-state index in [1.807, 2.05) is 0 Å². The number of hydrazine groups is 1. The molecule has 2 heteroatoms. The van der Waals surface area contributed by atoms with Crippen molar-refractivity contribution in [1.29, 1.82) is 0 Å². The average molecular weight is 184 g/mol. The molecule has 0 amide bonds. The molecule has 1 fully saturated rings. The summed E-state index contributed by atoms with van der Waals surface area (Å²) in [5.74, 6) is 6.43. The fourth-order valence-corrected chi connectivity index (χ4v) is 2.09. The van der Waals surface area contributed by atoms with Gasteiger partial charge in [-0.05, 0) is 25.2 Å². The molecule has 3 N–H and O–H groups in total. The first-order chi connectivity index (χ1) is 6.38. The summed E-state index contributed by atoms with van der Waals surface area (Å²) in [5, 5.41) is 0. The van der Waals surface area contributed by atoms with Gasteiger partial charge in [-0.3, -0.25) is 11.3 Å². The van der Waals surface area contributed by atoms with Crippen molar-refractivity contribution in [2.24, 2.45) is 11.8 Å². The molecule has 0 spiro atoms. The average Bonchev–Trinajstić information content (AvgIpc) is 2.07. The molecule has 1 atom stereocenters. The van der Waals surface area contributed by atoms with Crippen LogP contribution in [-0.4, -0.2) is 6.04 Å². The minimum absolute atomic E-state index is 0.602.